The SMILES string of the molecule is Nc1ccc(Br)cc1C(O)CC1OCCc2ccccc21. The van der Waals surface area contributed by atoms with Crippen LogP contribution in [0.1, 0.15) is 35.3 Å². The molecule has 2 atom stereocenters. The van der Waals surface area contributed by atoms with Gasteiger partial charge in [0.05, 0.1) is 18.8 Å². The molecule has 4 heteroatoms. The number of rotatable bonds is 3. The third kappa shape index (κ3) is 3.12. The van der Waals surface area contributed by atoms with Crippen molar-refractivity contribution < 1.29 is 9.84 Å². The van der Waals surface area contributed by atoms with Gasteiger partial charge in [-0.2, -0.15) is 0 Å². The minimum atomic E-state index is -0.640. The maximum Gasteiger partial charge on any atom is 0.0855 e. The molecule has 0 bridgehead atoms. The van der Waals surface area contributed by atoms with Crippen molar-refractivity contribution in [1.29, 1.82) is 0 Å². The van der Waals surface area contributed by atoms with Crippen molar-refractivity contribution in [3.8, 4) is 0 Å². The maximum absolute atomic E-state index is 10.5. The van der Waals surface area contributed by atoms with Crippen LogP contribution in [0.15, 0.2) is 46.9 Å². The van der Waals surface area contributed by atoms with Crippen molar-refractivity contribution in [2.75, 3.05) is 12.3 Å². The molecule has 21 heavy (non-hydrogen) atoms. The van der Waals surface area contributed by atoms with Gasteiger partial charge in [-0.1, -0.05) is 40.2 Å². The zero-order valence-corrected chi connectivity index (χ0v) is 13.2. The van der Waals surface area contributed by atoms with Crippen LogP contribution in [0, 0.1) is 0 Å². The van der Waals surface area contributed by atoms with Crippen LogP contribution in [-0.2, 0) is 11.2 Å². The largest absolute Gasteiger partial charge is 0.398 e. The highest BCUT2D eigenvalue weighted by molar-refractivity contribution is 9.10. The lowest BCUT2D eigenvalue weighted by Gasteiger charge is -2.28. The zero-order valence-electron chi connectivity index (χ0n) is 11.6. The first-order chi connectivity index (χ1) is 10.1. The second kappa shape index (κ2) is 6.18. The van der Waals surface area contributed by atoms with Gasteiger partial charge in [-0.25, -0.2) is 0 Å². The van der Waals surface area contributed by atoms with Gasteiger partial charge >= 0.3 is 0 Å². The topological polar surface area (TPSA) is 55.5 Å². The molecule has 3 N–H and O–H groups in total. The first kappa shape index (κ1) is 14.6. The quantitative estimate of drug-likeness (QED) is 0.831. The first-order valence-corrected chi connectivity index (χ1v) is 7.87. The molecular formula is C17H18BrNO2. The molecule has 0 spiro atoms. The molecule has 3 rings (SSSR count). The molecule has 110 valence electrons. The lowest BCUT2D eigenvalue weighted by atomic mass is 9.92. The number of hydrogen-bond acceptors (Lipinski definition) is 3. The van der Waals surface area contributed by atoms with E-state index in [9.17, 15) is 5.11 Å². The minimum absolute atomic E-state index is 0.0802. The predicted molar refractivity (Wildman–Crippen MR) is 87.0 cm³/mol. The number of aliphatic hydroxyl groups is 1. The zero-order chi connectivity index (χ0) is 14.8. The number of nitrogen functional groups attached to an aromatic ring is 1. The number of fused-ring (bicyclic) bond motifs is 1. The second-order valence-electron chi connectivity index (χ2n) is 5.33. The van der Waals surface area contributed by atoms with E-state index in [0.29, 0.717) is 18.7 Å². The smallest absolute Gasteiger partial charge is 0.0855 e. The molecule has 1 aliphatic heterocycles. The molecule has 2 unspecified atom stereocenters. The van der Waals surface area contributed by atoms with Crippen LogP contribution in [-0.4, -0.2) is 11.7 Å². The first-order valence-electron chi connectivity index (χ1n) is 7.07. The van der Waals surface area contributed by atoms with Crippen molar-refractivity contribution in [3.05, 3.63) is 63.6 Å². The van der Waals surface area contributed by atoms with E-state index in [1.807, 2.05) is 24.3 Å². The van der Waals surface area contributed by atoms with E-state index in [0.717, 1.165) is 16.5 Å². The molecular weight excluding hydrogens is 330 g/mol. The summed E-state index contributed by atoms with van der Waals surface area (Å²) in [5, 5.41) is 10.5. The van der Waals surface area contributed by atoms with Crippen molar-refractivity contribution >= 4 is 21.6 Å². The van der Waals surface area contributed by atoms with Crippen molar-refractivity contribution in [3.63, 3.8) is 0 Å². The second-order valence-corrected chi connectivity index (χ2v) is 6.25. The third-order valence-electron chi connectivity index (χ3n) is 3.94. The van der Waals surface area contributed by atoms with E-state index in [1.54, 1.807) is 6.07 Å². The van der Waals surface area contributed by atoms with Gasteiger partial charge in [0.1, 0.15) is 0 Å². The highest BCUT2D eigenvalue weighted by Crippen LogP contribution is 2.36. The van der Waals surface area contributed by atoms with E-state index in [1.165, 1.54) is 11.1 Å². The van der Waals surface area contributed by atoms with E-state index in [2.05, 4.69) is 28.1 Å². The molecule has 2 aromatic rings. The van der Waals surface area contributed by atoms with Crippen LogP contribution < -0.4 is 5.73 Å². The van der Waals surface area contributed by atoms with Crippen molar-refractivity contribution in [2.24, 2.45) is 0 Å². The summed E-state index contributed by atoms with van der Waals surface area (Å²) < 4.78 is 6.77. The van der Waals surface area contributed by atoms with Crippen LogP contribution in [0.3, 0.4) is 0 Å². The highest BCUT2D eigenvalue weighted by Gasteiger charge is 2.24. The Morgan fingerprint density at radius 3 is 2.95 bits per heavy atom. The number of aliphatic hydroxyl groups excluding tert-OH is 1. The molecule has 0 aliphatic carbocycles. The minimum Gasteiger partial charge on any atom is -0.398 e. The molecule has 0 saturated carbocycles. The van der Waals surface area contributed by atoms with Gasteiger partial charge in [-0.05, 0) is 35.7 Å². The average molecular weight is 348 g/mol. The van der Waals surface area contributed by atoms with E-state index in [4.69, 9.17) is 10.5 Å². The van der Waals surface area contributed by atoms with E-state index < -0.39 is 6.10 Å². The molecule has 0 amide bonds. The summed E-state index contributed by atoms with van der Waals surface area (Å²) in [7, 11) is 0. The van der Waals surface area contributed by atoms with Gasteiger partial charge in [-0.3, -0.25) is 0 Å². The fourth-order valence-corrected chi connectivity index (χ4v) is 3.21. The van der Waals surface area contributed by atoms with Crippen LogP contribution in [0.5, 0.6) is 0 Å². The fraction of sp³-hybridized carbons (Fsp3) is 0.294. The van der Waals surface area contributed by atoms with Gasteiger partial charge in [0.15, 0.2) is 0 Å². The monoisotopic (exact) mass is 347 g/mol. The molecule has 0 radical (unpaired) electrons. The van der Waals surface area contributed by atoms with Crippen LogP contribution >= 0.6 is 15.9 Å². The Labute approximate surface area is 132 Å². The molecule has 1 aliphatic rings. The normalized spacial score (nSPS) is 19.0. The summed E-state index contributed by atoms with van der Waals surface area (Å²) >= 11 is 3.42. The fourth-order valence-electron chi connectivity index (χ4n) is 2.84. The van der Waals surface area contributed by atoms with Gasteiger partial charge in [0.25, 0.3) is 0 Å². The molecule has 0 saturated heterocycles. The number of nitrogens with two attached hydrogens (primary N) is 1. The summed E-state index contributed by atoms with van der Waals surface area (Å²) in [5.74, 6) is 0. The lowest BCUT2D eigenvalue weighted by molar-refractivity contribution is 0.00393. The Morgan fingerprint density at radius 2 is 2.10 bits per heavy atom. The van der Waals surface area contributed by atoms with Crippen molar-refractivity contribution in [1.82, 2.24) is 0 Å². The number of hydrogen-bond donors (Lipinski definition) is 2. The molecule has 2 aromatic carbocycles. The van der Waals surface area contributed by atoms with Crippen molar-refractivity contribution in [2.45, 2.75) is 25.0 Å². The van der Waals surface area contributed by atoms with Gasteiger partial charge in [0, 0.05) is 22.1 Å². The lowest BCUT2D eigenvalue weighted by Crippen LogP contribution is -2.18. The summed E-state index contributed by atoms with van der Waals surface area (Å²) in [6.45, 7) is 0.697. The standard InChI is InChI=1S/C17H18BrNO2/c18-12-5-6-15(19)14(9-12)16(20)10-17-13-4-2-1-3-11(13)7-8-21-17/h1-6,9,16-17,20H,7-8,10,19H2. The van der Waals surface area contributed by atoms with Gasteiger partial charge < -0.3 is 15.6 Å². The molecule has 0 aromatic heterocycles. The maximum atomic E-state index is 10.5. The summed E-state index contributed by atoms with van der Waals surface area (Å²) in [5.41, 5.74) is 9.81. The number of ether oxygens (including phenoxy) is 1. The number of halogens is 1. The Morgan fingerprint density at radius 1 is 1.29 bits per heavy atom. The molecule has 3 nitrogen and oxygen atoms in total. The van der Waals surface area contributed by atoms with E-state index in [-0.39, 0.29) is 6.10 Å². The Balaban J connectivity index is 1.82. The summed E-state index contributed by atoms with van der Waals surface area (Å²) in [6, 6.07) is 13.8. The van der Waals surface area contributed by atoms with Crippen LogP contribution in [0.25, 0.3) is 0 Å². The molecule has 1 heterocycles. The highest BCUT2D eigenvalue weighted by atomic mass is 79.9. The Kier molecular flexibility index (Phi) is 4.29. The average Bonchev–Trinajstić information content (AvgIpc) is 2.50. The van der Waals surface area contributed by atoms with Gasteiger partial charge in [-0.15, -0.1) is 0 Å². The van der Waals surface area contributed by atoms with Gasteiger partial charge in [0.2, 0.25) is 0 Å². The Hall–Kier alpha value is -1.36. The Bertz CT molecular complexity index is 644. The van der Waals surface area contributed by atoms with Crippen LogP contribution in [0.2, 0.25) is 0 Å². The number of benzene rings is 2. The number of anilines is 1. The summed E-state index contributed by atoms with van der Waals surface area (Å²) in [6.07, 6.45) is 0.724. The van der Waals surface area contributed by atoms with E-state index >= 15 is 0 Å². The summed E-state index contributed by atoms with van der Waals surface area (Å²) in [4.78, 5) is 0. The van der Waals surface area contributed by atoms with Crippen LogP contribution in [0.4, 0.5) is 5.69 Å². The third-order valence-corrected chi connectivity index (χ3v) is 4.43. The molecule has 0 fully saturated rings. The predicted octanol–water partition coefficient (Wildman–Crippen LogP) is 3.77.